The van der Waals surface area contributed by atoms with Crippen LogP contribution in [0.15, 0.2) is 12.1 Å². The third-order valence-corrected chi connectivity index (χ3v) is 4.96. The minimum Gasteiger partial charge on any atom is -0.500 e. The SMILES string of the molecule is CCOc1cc(CP(=O)(O)CC[C@H](N)C(=O)O)cc([N+](=O)[O-])c1O. The fraction of sp³-hybridized carbons (Fsp3) is 0.462. The summed E-state index contributed by atoms with van der Waals surface area (Å²) in [6, 6.07) is 0.961. The van der Waals surface area contributed by atoms with Gasteiger partial charge in [0, 0.05) is 12.2 Å². The van der Waals surface area contributed by atoms with Crippen LogP contribution in [0.25, 0.3) is 0 Å². The van der Waals surface area contributed by atoms with Crippen LogP contribution >= 0.6 is 7.37 Å². The molecular weight excluding hydrogens is 343 g/mol. The zero-order valence-corrected chi connectivity index (χ0v) is 13.8. The molecule has 2 atom stereocenters. The Morgan fingerprint density at radius 2 is 2.12 bits per heavy atom. The largest absolute Gasteiger partial charge is 0.500 e. The maximum atomic E-state index is 12.2. The van der Waals surface area contributed by atoms with Crippen LogP contribution in [-0.2, 0) is 15.5 Å². The molecule has 0 saturated heterocycles. The molecule has 0 aromatic heterocycles. The van der Waals surface area contributed by atoms with Crippen molar-refractivity contribution in [1.29, 1.82) is 0 Å². The number of phenols is 1. The van der Waals surface area contributed by atoms with E-state index in [-0.39, 0.29) is 30.5 Å². The van der Waals surface area contributed by atoms with Gasteiger partial charge in [0.25, 0.3) is 0 Å². The molecule has 0 aliphatic rings. The second-order valence-corrected chi connectivity index (χ2v) is 7.57. The standard InChI is InChI=1S/C13H19N2O8P/c1-2-23-11-6-8(5-10(12(11)16)15(19)20)7-24(21,22)4-3-9(14)13(17)18/h5-6,9,16H,2-4,7,14H2,1H3,(H,17,18)(H,21,22)/t9-/m0/s1. The summed E-state index contributed by atoms with van der Waals surface area (Å²) in [4.78, 5) is 30.7. The number of aliphatic carboxylic acids is 1. The first-order valence-corrected chi connectivity index (χ1v) is 9.02. The molecule has 0 aliphatic carbocycles. The maximum Gasteiger partial charge on any atom is 0.320 e. The number of aromatic hydroxyl groups is 1. The number of nitro groups is 1. The van der Waals surface area contributed by atoms with Crippen molar-refractivity contribution >= 4 is 19.0 Å². The Hall–Kier alpha value is -2.16. The van der Waals surface area contributed by atoms with E-state index < -0.39 is 41.9 Å². The summed E-state index contributed by atoms with van der Waals surface area (Å²) in [5.74, 6) is -2.11. The van der Waals surface area contributed by atoms with Crippen LogP contribution in [-0.4, -0.2) is 44.8 Å². The summed E-state index contributed by atoms with van der Waals surface area (Å²) < 4.78 is 17.3. The summed E-state index contributed by atoms with van der Waals surface area (Å²) in [6.07, 6.45) is -0.985. The van der Waals surface area contributed by atoms with Gasteiger partial charge in [0.15, 0.2) is 5.75 Å². The highest BCUT2D eigenvalue weighted by molar-refractivity contribution is 7.57. The van der Waals surface area contributed by atoms with Gasteiger partial charge >= 0.3 is 11.7 Å². The molecule has 11 heteroatoms. The summed E-state index contributed by atoms with van der Waals surface area (Å²) in [5, 5.41) is 29.4. The minimum atomic E-state index is -3.82. The minimum absolute atomic E-state index is 0.123. The van der Waals surface area contributed by atoms with E-state index in [2.05, 4.69) is 0 Å². The van der Waals surface area contributed by atoms with Crippen LogP contribution in [0.2, 0.25) is 0 Å². The number of ether oxygens (including phenoxy) is 1. The smallest absolute Gasteiger partial charge is 0.320 e. The molecule has 24 heavy (non-hydrogen) atoms. The number of nitrogens with zero attached hydrogens (tertiary/aromatic N) is 1. The number of phenolic OH excluding ortho intramolecular Hbond substituents is 1. The van der Waals surface area contributed by atoms with Crippen molar-refractivity contribution in [3.8, 4) is 11.5 Å². The molecule has 134 valence electrons. The monoisotopic (exact) mass is 362 g/mol. The Labute approximate surface area is 137 Å². The normalized spacial score (nSPS) is 14.6. The Kier molecular flexibility index (Phi) is 6.70. The van der Waals surface area contributed by atoms with Gasteiger partial charge in [-0.3, -0.25) is 19.5 Å². The third-order valence-electron chi connectivity index (χ3n) is 3.15. The van der Waals surface area contributed by atoms with E-state index in [0.717, 1.165) is 6.07 Å². The van der Waals surface area contributed by atoms with Crippen LogP contribution < -0.4 is 10.5 Å². The van der Waals surface area contributed by atoms with Crippen molar-refractivity contribution in [3.63, 3.8) is 0 Å². The zero-order valence-electron chi connectivity index (χ0n) is 12.9. The lowest BCUT2D eigenvalue weighted by atomic mass is 10.2. The van der Waals surface area contributed by atoms with Gasteiger partial charge in [-0.15, -0.1) is 0 Å². The molecule has 0 radical (unpaired) electrons. The lowest BCUT2D eigenvalue weighted by Crippen LogP contribution is -2.30. The molecule has 1 rings (SSSR count). The topological polar surface area (TPSA) is 173 Å². The van der Waals surface area contributed by atoms with Crippen LogP contribution in [0.5, 0.6) is 11.5 Å². The second kappa shape index (κ2) is 8.09. The van der Waals surface area contributed by atoms with E-state index in [1.165, 1.54) is 6.07 Å². The van der Waals surface area contributed by atoms with Crippen molar-refractivity contribution < 1.29 is 34.1 Å². The molecule has 5 N–H and O–H groups in total. The van der Waals surface area contributed by atoms with Crippen LogP contribution in [0.1, 0.15) is 18.9 Å². The highest BCUT2D eigenvalue weighted by Crippen LogP contribution is 2.47. The quantitative estimate of drug-likeness (QED) is 0.286. The molecule has 0 fully saturated rings. The predicted octanol–water partition coefficient (Wildman–Crippen LogP) is 1.27. The first kappa shape index (κ1) is 19.9. The fourth-order valence-electron chi connectivity index (χ4n) is 1.97. The van der Waals surface area contributed by atoms with Crippen LogP contribution in [0, 0.1) is 10.1 Å². The molecule has 0 heterocycles. The van der Waals surface area contributed by atoms with E-state index in [1.807, 2.05) is 0 Å². The molecular formula is C13H19N2O8P. The van der Waals surface area contributed by atoms with Crippen molar-refractivity contribution in [2.45, 2.75) is 25.5 Å². The number of nitrogens with two attached hydrogens (primary N) is 1. The molecule has 0 spiro atoms. The highest BCUT2D eigenvalue weighted by Gasteiger charge is 2.26. The Morgan fingerprint density at radius 1 is 1.50 bits per heavy atom. The number of carboxylic acid groups (broad SMARTS) is 1. The number of carbonyl (C=O) groups is 1. The van der Waals surface area contributed by atoms with Gasteiger partial charge in [0.1, 0.15) is 6.04 Å². The van der Waals surface area contributed by atoms with Crippen molar-refractivity contribution in [3.05, 3.63) is 27.8 Å². The van der Waals surface area contributed by atoms with Gasteiger partial charge in [-0.25, -0.2) is 0 Å². The molecule has 1 aromatic rings. The van der Waals surface area contributed by atoms with Gasteiger partial charge in [-0.2, -0.15) is 0 Å². The maximum absolute atomic E-state index is 12.2. The molecule has 0 saturated carbocycles. The summed E-state index contributed by atoms with van der Waals surface area (Å²) >= 11 is 0. The number of rotatable bonds is 9. The fourth-order valence-corrected chi connectivity index (χ4v) is 3.57. The first-order valence-electron chi connectivity index (χ1n) is 6.99. The van der Waals surface area contributed by atoms with E-state index in [1.54, 1.807) is 6.92 Å². The van der Waals surface area contributed by atoms with E-state index >= 15 is 0 Å². The second-order valence-electron chi connectivity index (χ2n) is 5.11. The molecule has 10 nitrogen and oxygen atoms in total. The van der Waals surface area contributed by atoms with Crippen molar-refractivity contribution in [2.75, 3.05) is 12.8 Å². The zero-order chi connectivity index (χ0) is 18.5. The van der Waals surface area contributed by atoms with E-state index in [9.17, 15) is 29.5 Å². The number of carboxylic acids is 1. The average Bonchev–Trinajstić information content (AvgIpc) is 2.47. The van der Waals surface area contributed by atoms with E-state index in [4.69, 9.17) is 15.6 Å². The molecule has 1 unspecified atom stereocenters. The molecule has 0 aliphatic heterocycles. The predicted molar refractivity (Wildman–Crippen MR) is 84.6 cm³/mol. The summed E-state index contributed by atoms with van der Waals surface area (Å²) in [6.45, 7) is 1.75. The van der Waals surface area contributed by atoms with Gasteiger partial charge in [0.2, 0.25) is 13.1 Å². The van der Waals surface area contributed by atoms with E-state index in [0.29, 0.717) is 0 Å². The number of hydrogen-bond donors (Lipinski definition) is 4. The number of nitro benzene ring substituents is 1. The average molecular weight is 362 g/mol. The highest BCUT2D eigenvalue weighted by atomic mass is 31.2. The lowest BCUT2D eigenvalue weighted by Gasteiger charge is -2.14. The van der Waals surface area contributed by atoms with Crippen molar-refractivity contribution in [1.82, 2.24) is 0 Å². The van der Waals surface area contributed by atoms with Crippen LogP contribution in [0.3, 0.4) is 0 Å². The Bertz CT molecular complexity index is 678. The summed E-state index contributed by atoms with van der Waals surface area (Å²) in [7, 11) is -3.82. The molecule has 1 aromatic carbocycles. The summed E-state index contributed by atoms with van der Waals surface area (Å²) in [5.41, 5.74) is 4.77. The van der Waals surface area contributed by atoms with Crippen molar-refractivity contribution in [2.24, 2.45) is 5.73 Å². The van der Waals surface area contributed by atoms with Gasteiger partial charge in [0.05, 0.1) is 17.7 Å². The number of hydrogen-bond acceptors (Lipinski definition) is 7. The Morgan fingerprint density at radius 3 is 2.62 bits per heavy atom. The Balaban J connectivity index is 3.02. The van der Waals surface area contributed by atoms with Crippen LogP contribution in [0.4, 0.5) is 5.69 Å². The third kappa shape index (κ3) is 5.48. The van der Waals surface area contributed by atoms with Gasteiger partial charge in [-0.1, -0.05) is 0 Å². The first-order chi connectivity index (χ1) is 11.1. The molecule has 0 amide bonds. The molecule has 0 bridgehead atoms. The number of benzene rings is 1. The lowest BCUT2D eigenvalue weighted by molar-refractivity contribution is -0.386. The van der Waals surface area contributed by atoms with Gasteiger partial charge in [-0.05, 0) is 25.0 Å². The van der Waals surface area contributed by atoms with Gasteiger partial charge < -0.3 is 25.6 Å².